The van der Waals surface area contributed by atoms with Gasteiger partial charge in [0.2, 0.25) is 5.88 Å². The maximum Gasteiger partial charge on any atom is 0.410 e. The fraction of sp³-hybridized carbons (Fsp3) is 0.680. The second-order valence-electron chi connectivity index (χ2n) is 11.7. The third-order valence-electron chi connectivity index (χ3n) is 7.83. The molecule has 6 rings (SSSR count). The van der Waals surface area contributed by atoms with Crippen LogP contribution in [0.5, 0.6) is 11.9 Å². The number of piperazine rings is 1. The standard InChI is InChI=1S/C25H31ClFN5O5/c1-12-18-14-6-5-13(32(14)23(34)37-24(2,3)4)9-31(18)20-15-17(16(27)19(26)29-21(15)36-12)28-22(30-20)35-11-25(10-33)7-8-25/h12-14,18,33H,5-11H2,1-4H3/t12-,13+,14-,18+/m0/s1. The number of fused-ring (bicyclic) bond motifs is 5. The summed E-state index contributed by atoms with van der Waals surface area (Å²) in [5.41, 5.74) is -0.949. The van der Waals surface area contributed by atoms with Gasteiger partial charge in [0, 0.05) is 12.0 Å². The van der Waals surface area contributed by atoms with Crippen LogP contribution in [-0.2, 0) is 4.74 Å². The van der Waals surface area contributed by atoms with Crippen LogP contribution in [0.1, 0.15) is 53.4 Å². The summed E-state index contributed by atoms with van der Waals surface area (Å²) in [5, 5.41) is 9.67. The van der Waals surface area contributed by atoms with Gasteiger partial charge in [0.05, 0.1) is 31.3 Å². The van der Waals surface area contributed by atoms with Crippen molar-refractivity contribution in [2.45, 2.75) is 83.2 Å². The second kappa shape index (κ2) is 8.42. The number of aromatic nitrogens is 3. The van der Waals surface area contributed by atoms with Gasteiger partial charge in [-0.2, -0.15) is 15.0 Å². The summed E-state index contributed by atoms with van der Waals surface area (Å²) in [4.78, 5) is 30.4. The van der Waals surface area contributed by atoms with E-state index in [4.69, 9.17) is 30.8 Å². The Morgan fingerprint density at radius 1 is 1.27 bits per heavy atom. The molecule has 0 unspecified atom stereocenters. The molecule has 4 atom stereocenters. The molecule has 2 aromatic heterocycles. The lowest BCUT2D eigenvalue weighted by molar-refractivity contribution is 0.000934. The van der Waals surface area contributed by atoms with E-state index in [2.05, 4.69) is 14.9 Å². The average Bonchev–Trinajstić information content (AvgIpc) is 3.57. The van der Waals surface area contributed by atoms with Gasteiger partial charge in [0.1, 0.15) is 28.4 Å². The van der Waals surface area contributed by atoms with Crippen molar-refractivity contribution < 1.29 is 28.5 Å². The van der Waals surface area contributed by atoms with E-state index in [9.17, 15) is 9.90 Å². The van der Waals surface area contributed by atoms with Crippen LogP contribution in [0.3, 0.4) is 0 Å². The van der Waals surface area contributed by atoms with Crippen molar-refractivity contribution in [1.29, 1.82) is 0 Å². The number of aliphatic hydroxyl groups excluding tert-OH is 1. The Kier molecular flexibility index (Phi) is 5.61. The van der Waals surface area contributed by atoms with Gasteiger partial charge in [0.15, 0.2) is 11.0 Å². The van der Waals surface area contributed by atoms with Crippen molar-refractivity contribution in [2.75, 3.05) is 24.7 Å². The Balaban J connectivity index is 1.43. The molecule has 10 nitrogen and oxygen atoms in total. The molecule has 1 N–H and O–H groups in total. The van der Waals surface area contributed by atoms with Gasteiger partial charge in [-0.15, -0.1) is 0 Å². The van der Waals surface area contributed by atoms with Crippen LogP contribution in [0.4, 0.5) is 15.0 Å². The lowest BCUT2D eigenvalue weighted by Crippen LogP contribution is -2.65. The zero-order valence-electron chi connectivity index (χ0n) is 21.3. The number of hydrogen-bond acceptors (Lipinski definition) is 9. The summed E-state index contributed by atoms with van der Waals surface area (Å²) >= 11 is 6.14. The number of carbonyl (C=O) groups is 1. The van der Waals surface area contributed by atoms with Crippen molar-refractivity contribution >= 4 is 34.4 Å². The molecule has 1 aliphatic carbocycles. The molecule has 1 saturated carbocycles. The molecule has 2 aromatic rings. The zero-order chi connectivity index (χ0) is 26.3. The molecular formula is C25H31ClFN5O5. The minimum atomic E-state index is -0.776. The first-order valence-corrected chi connectivity index (χ1v) is 13.1. The molecule has 2 bridgehead atoms. The second-order valence-corrected chi connectivity index (χ2v) is 12.0. The highest BCUT2D eigenvalue weighted by molar-refractivity contribution is 6.30. The molecule has 2 saturated heterocycles. The first-order valence-electron chi connectivity index (χ1n) is 12.8. The maximum atomic E-state index is 15.3. The summed E-state index contributed by atoms with van der Waals surface area (Å²) in [6.07, 6.45) is 2.50. The summed E-state index contributed by atoms with van der Waals surface area (Å²) in [7, 11) is 0. The smallest absolute Gasteiger partial charge is 0.410 e. The topological polar surface area (TPSA) is 110 Å². The Labute approximate surface area is 219 Å². The Hall–Kier alpha value is -2.66. The number of amides is 1. The molecule has 0 spiro atoms. The Bertz CT molecular complexity index is 1270. The average molecular weight is 536 g/mol. The van der Waals surface area contributed by atoms with Crippen LogP contribution < -0.4 is 14.4 Å². The van der Waals surface area contributed by atoms with Crippen molar-refractivity contribution in [3.63, 3.8) is 0 Å². The fourth-order valence-electron chi connectivity index (χ4n) is 5.80. The third kappa shape index (κ3) is 4.10. The number of carbonyl (C=O) groups excluding carboxylic acids is 1. The van der Waals surface area contributed by atoms with E-state index < -0.39 is 17.5 Å². The highest BCUT2D eigenvalue weighted by atomic mass is 35.5. The van der Waals surface area contributed by atoms with E-state index in [0.717, 1.165) is 25.7 Å². The van der Waals surface area contributed by atoms with Crippen LogP contribution in [0.15, 0.2) is 0 Å². The molecule has 4 aliphatic rings. The molecule has 3 aliphatic heterocycles. The van der Waals surface area contributed by atoms with Gasteiger partial charge in [-0.25, -0.2) is 9.18 Å². The molecule has 37 heavy (non-hydrogen) atoms. The van der Waals surface area contributed by atoms with Gasteiger partial charge >= 0.3 is 12.1 Å². The first-order chi connectivity index (χ1) is 17.5. The minimum Gasteiger partial charge on any atom is -0.472 e. The fourth-order valence-corrected chi connectivity index (χ4v) is 5.96. The van der Waals surface area contributed by atoms with Crippen molar-refractivity contribution in [3.8, 4) is 11.9 Å². The van der Waals surface area contributed by atoms with Gasteiger partial charge in [-0.05, 0) is 53.4 Å². The van der Waals surface area contributed by atoms with Crippen molar-refractivity contribution in [3.05, 3.63) is 11.0 Å². The van der Waals surface area contributed by atoms with Gasteiger partial charge in [-0.3, -0.25) is 4.90 Å². The summed E-state index contributed by atoms with van der Waals surface area (Å²) in [6.45, 7) is 8.15. The summed E-state index contributed by atoms with van der Waals surface area (Å²) < 4.78 is 33.2. The Morgan fingerprint density at radius 2 is 2.03 bits per heavy atom. The normalized spacial score (nSPS) is 27.4. The van der Waals surface area contributed by atoms with Crippen molar-refractivity contribution in [2.24, 2.45) is 5.41 Å². The molecule has 0 aromatic carbocycles. The summed E-state index contributed by atoms with van der Waals surface area (Å²) in [5.74, 6) is -0.178. The monoisotopic (exact) mass is 535 g/mol. The molecule has 1 amide bonds. The number of hydrogen-bond donors (Lipinski definition) is 1. The SMILES string of the molecule is C[C@@H]1Oc2nc(Cl)c(F)c3nc(OCC4(CO)CC4)nc(c23)N2C[C@H]3CC[C@@H]([C@@H]12)N3C(=O)OC(C)(C)C. The van der Waals surface area contributed by atoms with Crippen LogP contribution in [0.2, 0.25) is 5.15 Å². The number of halogens is 2. The van der Waals surface area contributed by atoms with E-state index in [0.29, 0.717) is 17.7 Å². The van der Waals surface area contributed by atoms with E-state index in [1.807, 2.05) is 32.6 Å². The highest BCUT2D eigenvalue weighted by Crippen LogP contribution is 2.47. The predicted molar refractivity (Wildman–Crippen MR) is 133 cm³/mol. The molecule has 0 radical (unpaired) electrons. The number of aliphatic hydroxyl groups is 1. The number of ether oxygens (including phenoxy) is 3. The number of rotatable bonds is 4. The van der Waals surface area contributed by atoms with Crippen LogP contribution >= 0.6 is 11.6 Å². The van der Waals surface area contributed by atoms with Crippen LogP contribution in [0, 0.1) is 11.2 Å². The Morgan fingerprint density at radius 3 is 2.70 bits per heavy atom. The molecule has 3 fully saturated rings. The van der Waals surface area contributed by atoms with E-state index in [-0.39, 0.29) is 65.4 Å². The largest absolute Gasteiger partial charge is 0.472 e. The molecule has 5 heterocycles. The van der Waals surface area contributed by atoms with E-state index >= 15 is 4.39 Å². The maximum absolute atomic E-state index is 15.3. The van der Waals surface area contributed by atoms with Crippen molar-refractivity contribution in [1.82, 2.24) is 19.9 Å². The molecule has 12 heteroatoms. The zero-order valence-corrected chi connectivity index (χ0v) is 22.1. The first kappa shape index (κ1) is 24.7. The van der Waals surface area contributed by atoms with Gasteiger partial charge in [-0.1, -0.05) is 11.6 Å². The summed E-state index contributed by atoms with van der Waals surface area (Å²) in [6, 6.07) is -0.588. The molecular weight excluding hydrogens is 505 g/mol. The van der Waals surface area contributed by atoms with Crippen LogP contribution in [-0.4, -0.2) is 80.6 Å². The lowest BCUT2D eigenvalue weighted by Gasteiger charge is -2.48. The number of nitrogens with zero attached hydrogens (tertiary/aromatic N) is 5. The highest BCUT2D eigenvalue weighted by Gasteiger charge is 2.54. The van der Waals surface area contributed by atoms with Crippen LogP contribution in [0.25, 0.3) is 10.9 Å². The van der Waals surface area contributed by atoms with E-state index in [1.165, 1.54) is 0 Å². The van der Waals surface area contributed by atoms with E-state index in [1.54, 1.807) is 0 Å². The lowest BCUT2D eigenvalue weighted by atomic mass is 9.98. The van der Waals surface area contributed by atoms with Gasteiger partial charge in [0.25, 0.3) is 0 Å². The number of pyridine rings is 1. The predicted octanol–water partition coefficient (Wildman–Crippen LogP) is 3.71. The third-order valence-corrected chi connectivity index (χ3v) is 8.09. The number of anilines is 1. The van der Waals surface area contributed by atoms with Gasteiger partial charge < -0.3 is 24.2 Å². The quantitative estimate of drug-likeness (QED) is 0.586. The molecule has 200 valence electrons. The minimum absolute atomic E-state index is 0.00423.